The second-order valence-electron chi connectivity index (χ2n) is 8.18. The van der Waals surface area contributed by atoms with Crippen molar-refractivity contribution in [2.45, 2.75) is 82.6 Å². The molecule has 0 aromatic heterocycles. The van der Waals surface area contributed by atoms with Crippen LogP contribution < -0.4 is 0 Å². The van der Waals surface area contributed by atoms with Crippen molar-refractivity contribution in [1.29, 1.82) is 0 Å². The maximum atomic E-state index is 15.6. The first-order valence-electron chi connectivity index (χ1n) is 9.28. The van der Waals surface area contributed by atoms with Gasteiger partial charge < -0.3 is 9.84 Å². The van der Waals surface area contributed by atoms with Gasteiger partial charge in [0.15, 0.2) is 5.60 Å². The van der Waals surface area contributed by atoms with Crippen LogP contribution in [0.5, 0.6) is 0 Å². The number of esters is 1. The van der Waals surface area contributed by atoms with Gasteiger partial charge in [0.1, 0.15) is 0 Å². The Labute approximate surface area is 156 Å². The molecule has 3 nitrogen and oxygen atoms in total. The highest BCUT2D eigenvalue weighted by Gasteiger charge is 2.79. The van der Waals surface area contributed by atoms with Crippen molar-refractivity contribution in [3.05, 3.63) is 12.2 Å². The van der Waals surface area contributed by atoms with Gasteiger partial charge in [0.05, 0.1) is 0 Å². The van der Waals surface area contributed by atoms with Crippen molar-refractivity contribution in [2.24, 2.45) is 17.8 Å². The number of rotatable bonds is 5. The van der Waals surface area contributed by atoms with Crippen molar-refractivity contribution in [2.75, 3.05) is 0 Å². The molecule has 1 N–H and O–H groups in total. The van der Waals surface area contributed by atoms with Crippen molar-refractivity contribution in [3.63, 3.8) is 0 Å². The van der Waals surface area contributed by atoms with Gasteiger partial charge >= 0.3 is 18.1 Å². The fraction of sp³-hybridized carbons (Fsp3) is 0.842. The average Bonchev–Trinajstić information content (AvgIpc) is 2.55. The normalized spacial score (nSPS) is 33.9. The summed E-state index contributed by atoms with van der Waals surface area (Å²) in [4.78, 5) is 12.2. The predicted molar refractivity (Wildman–Crippen MR) is 89.1 cm³/mol. The molecule has 0 heterocycles. The molecule has 2 bridgehead atoms. The Bertz CT molecular complexity index is 595. The van der Waals surface area contributed by atoms with E-state index in [0.717, 1.165) is 6.42 Å². The summed E-state index contributed by atoms with van der Waals surface area (Å²) < 4.78 is 76.7. The summed E-state index contributed by atoms with van der Waals surface area (Å²) in [5.41, 5.74) is -7.24. The van der Waals surface area contributed by atoms with Gasteiger partial charge in [-0.25, -0.2) is 4.79 Å². The average molecular weight is 398 g/mol. The van der Waals surface area contributed by atoms with E-state index >= 15 is 8.78 Å². The Morgan fingerprint density at radius 1 is 1.22 bits per heavy atom. The lowest BCUT2D eigenvalue weighted by molar-refractivity contribution is -0.382. The van der Waals surface area contributed by atoms with Crippen molar-refractivity contribution >= 4 is 5.97 Å². The van der Waals surface area contributed by atoms with Crippen LogP contribution >= 0.6 is 0 Å². The lowest BCUT2D eigenvalue weighted by Gasteiger charge is -2.58. The van der Waals surface area contributed by atoms with Crippen molar-refractivity contribution in [3.8, 4) is 0 Å². The highest BCUT2D eigenvalue weighted by atomic mass is 19.4. The van der Waals surface area contributed by atoms with Crippen LogP contribution in [0.1, 0.15) is 59.3 Å². The maximum absolute atomic E-state index is 15.6. The Balaban J connectivity index is 2.69. The summed E-state index contributed by atoms with van der Waals surface area (Å²) in [6.07, 6.45) is -3.38. The van der Waals surface area contributed by atoms with E-state index in [9.17, 15) is 23.1 Å². The number of hydrogen-bond donors (Lipinski definition) is 1. The first-order chi connectivity index (χ1) is 12.2. The molecule has 27 heavy (non-hydrogen) atoms. The molecule has 0 aromatic carbocycles. The number of carbonyl (C=O) groups excluding carboxylic acids is 1. The molecule has 2 fully saturated rings. The number of fused-ring (bicyclic) bond motifs is 2. The first-order valence-corrected chi connectivity index (χ1v) is 9.28. The zero-order valence-electron chi connectivity index (χ0n) is 15.8. The van der Waals surface area contributed by atoms with Gasteiger partial charge in [-0.05, 0) is 45.4 Å². The zero-order chi connectivity index (χ0) is 20.8. The minimum Gasteiger partial charge on any atom is -0.449 e. The van der Waals surface area contributed by atoms with Gasteiger partial charge in [-0.1, -0.05) is 26.3 Å². The van der Waals surface area contributed by atoms with Crippen LogP contribution in [0.15, 0.2) is 12.2 Å². The predicted octanol–water partition coefficient (Wildman–Crippen LogP) is 5.03. The standard InChI is InChI=1S/C19H27F5O3/c1-5-13-9-12-7-6-8-14(10-12)17(13,27-15(25)11(2)3)18(20,21)16(4,26)19(22,23)24/h12-14,26H,2,5-10H2,1,3-4H3. The molecule has 5 unspecified atom stereocenters. The van der Waals surface area contributed by atoms with Gasteiger partial charge in [0.2, 0.25) is 5.60 Å². The van der Waals surface area contributed by atoms with Crippen LogP contribution in [-0.2, 0) is 9.53 Å². The maximum Gasteiger partial charge on any atom is 0.423 e. The van der Waals surface area contributed by atoms with E-state index in [1.54, 1.807) is 6.92 Å². The summed E-state index contributed by atoms with van der Waals surface area (Å²) in [6.45, 7) is 6.28. The van der Waals surface area contributed by atoms with Gasteiger partial charge in [-0.3, -0.25) is 0 Å². The SMILES string of the molecule is C=C(C)C(=O)OC1(C(F)(F)C(C)(O)C(F)(F)F)C(CC)CC2CCCC1C2. The minimum absolute atomic E-state index is 0.0605. The molecule has 0 radical (unpaired) electrons. The number of carbonyl (C=O) groups is 1. The number of aliphatic hydroxyl groups is 1. The van der Waals surface area contributed by atoms with Crippen LogP contribution in [0.3, 0.4) is 0 Å². The van der Waals surface area contributed by atoms with Crippen LogP contribution in [-0.4, -0.2) is 34.4 Å². The van der Waals surface area contributed by atoms with Crippen molar-refractivity contribution in [1.82, 2.24) is 0 Å². The van der Waals surface area contributed by atoms with Crippen LogP contribution in [0.25, 0.3) is 0 Å². The molecular formula is C19H27F5O3. The van der Waals surface area contributed by atoms with Crippen LogP contribution in [0, 0.1) is 17.8 Å². The highest BCUT2D eigenvalue weighted by Crippen LogP contribution is 2.61. The third-order valence-corrected chi connectivity index (χ3v) is 6.37. The fourth-order valence-electron chi connectivity index (χ4n) is 4.82. The monoisotopic (exact) mass is 398 g/mol. The Morgan fingerprint density at radius 2 is 1.81 bits per heavy atom. The molecule has 2 saturated carbocycles. The third-order valence-electron chi connectivity index (χ3n) is 6.37. The van der Waals surface area contributed by atoms with Crippen LogP contribution in [0.4, 0.5) is 22.0 Å². The van der Waals surface area contributed by atoms with E-state index in [0.29, 0.717) is 6.42 Å². The lowest BCUT2D eigenvalue weighted by atomic mass is 9.55. The van der Waals surface area contributed by atoms with Gasteiger partial charge in [0.25, 0.3) is 0 Å². The highest BCUT2D eigenvalue weighted by molar-refractivity contribution is 5.87. The molecule has 8 heteroatoms. The molecule has 0 amide bonds. The van der Waals surface area contributed by atoms with Gasteiger partial charge in [0, 0.05) is 17.4 Å². The summed E-state index contributed by atoms with van der Waals surface area (Å²) in [6, 6.07) is 0. The molecule has 0 aromatic rings. The van der Waals surface area contributed by atoms with E-state index in [4.69, 9.17) is 4.74 Å². The Morgan fingerprint density at radius 3 is 2.30 bits per heavy atom. The molecule has 0 aliphatic heterocycles. The number of ether oxygens (including phenoxy) is 1. The smallest absolute Gasteiger partial charge is 0.423 e. The number of alkyl halides is 5. The molecule has 0 spiro atoms. The lowest BCUT2D eigenvalue weighted by Crippen LogP contribution is -2.74. The summed E-state index contributed by atoms with van der Waals surface area (Å²) >= 11 is 0. The second kappa shape index (κ2) is 7.01. The van der Waals surface area contributed by atoms with E-state index in [1.165, 1.54) is 6.92 Å². The van der Waals surface area contributed by atoms with E-state index in [1.807, 2.05) is 0 Å². The van der Waals surface area contributed by atoms with Crippen LogP contribution in [0.2, 0.25) is 0 Å². The summed E-state index contributed by atoms with van der Waals surface area (Å²) in [5.74, 6) is -7.72. The first kappa shape index (κ1) is 22.1. The summed E-state index contributed by atoms with van der Waals surface area (Å²) in [7, 11) is 0. The van der Waals surface area contributed by atoms with Gasteiger partial charge in [-0.15, -0.1) is 0 Å². The minimum atomic E-state index is -5.59. The molecule has 156 valence electrons. The number of halogens is 5. The molecule has 2 rings (SSSR count). The molecule has 0 saturated heterocycles. The molecule has 2 aliphatic carbocycles. The number of hydrogen-bond acceptors (Lipinski definition) is 3. The van der Waals surface area contributed by atoms with E-state index in [2.05, 4.69) is 6.58 Å². The quantitative estimate of drug-likeness (QED) is 0.401. The Hall–Kier alpha value is -1.18. The fourth-order valence-corrected chi connectivity index (χ4v) is 4.82. The molecule has 5 atom stereocenters. The van der Waals surface area contributed by atoms with Crippen molar-refractivity contribution < 1.29 is 36.6 Å². The third kappa shape index (κ3) is 3.28. The van der Waals surface area contributed by atoms with E-state index in [-0.39, 0.29) is 44.1 Å². The summed E-state index contributed by atoms with van der Waals surface area (Å²) in [5, 5.41) is 9.97. The largest absolute Gasteiger partial charge is 0.449 e. The zero-order valence-corrected chi connectivity index (χ0v) is 15.8. The van der Waals surface area contributed by atoms with Gasteiger partial charge in [-0.2, -0.15) is 22.0 Å². The topological polar surface area (TPSA) is 46.5 Å². The second-order valence-corrected chi connectivity index (χ2v) is 8.18. The molecular weight excluding hydrogens is 371 g/mol. The Kier molecular flexibility index (Phi) is 5.74. The van der Waals surface area contributed by atoms with E-state index < -0.39 is 41.1 Å². The molecule has 2 aliphatic rings.